The van der Waals surface area contributed by atoms with Crippen LogP contribution in [0.15, 0.2) is 28.7 Å². The number of hydrogen-bond donors (Lipinski definition) is 1. The first kappa shape index (κ1) is 16.0. The zero-order valence-corrected chi connectivity index (χ0v) is 14.4. The van der Waals surface area contributed by atoms with Gasteiger partial charge in [-0.15, -0.1) is 0 Å². The molecular formula is C16H22BrN3O. The first-order chi connectivity index (χ1) is 10.1. The fraction of sp³-hybridized carbons (Fsp3) is 0.438. The highest BCUT2D eigenvalue weighted by molar-refractivity contribution is 9.10. The summed E-state index contributed by atoms with van der Waals surface area (Å²) in [6.45, 7) is 4.64. The lowest BCUT2D eigenvalue weighted by atomic mass is 10.0. The molecule has 114 valence electrons. The van der Waals surface area contributed by atoms with Gasteiger partial charge in [0.25, 0.3) is 0 Å². The van der Waals surface area contributed by atoms with Crippen LogP contribution < -0.4 is 10.5 Å². The van der Waals surface area contributed by atoms with E-state index in [1.807, 2.05) is 36.0 Å². The molecule has 0 saturated carbocycles. The van der Waals surface area contributed by atoms with Crippen molar-refractivity contribution in [2.75, 3.05) is 0 Å². The zero-order chi connectivity index (χ0) is 15.4. The second-order valence-electron chi connectivity index (χ2n) is 5.03. The molecule has 0 fully saturated rings. The average molecular weight is 352 g/mol. The van der Waals surface area contributed by atoms with Gasteiger partial charge in [0.15, 0.2) is 0 Å². The highest BCUT2D eigenvalue weighted by Gasteiger charge is 2.15. The van der Waals surface area contributed by atoms with E-state index in [0.29, 0.717) is 6.61 Å². The molecule has 1 aromatic carbocycles. The molecule has 0 aliphatic carbocycles. The van der Waals surface area contributed by atoms with Crippen molar-refractivity contribution in [1.82, 2.24) is 9.78 Å². The third-order valence-corrected chi connectivity index (χ3v) is 4.54. The number of ether oxygens (including phenoxy) is 1. The third-order valence-electron chi connectivity index (χ3n) is 3.63. The Bertz CT molecular complexity index is 610. The summed E-state index contributed by atoms with van der Waals surface area (Å²) in [5.41, 5.74) is 9.28. The van der Waals surface area contributed by atoms with Crippen LogP contribution in [0.5, 0.6) is 5.75 Å². The molecule has 0 radical (unpaired) electrons. The minimum absolute atomic E-state index is 0.00220. The fourth-order valence-corrected chi connectivity index (χ4v) is 2.99. The molecule has 5 heteroatoms. The standard InChI is InChI=1S/C16H22BrN3O/c1-4-12(18)11-8-6-7-9-15(11)21-10-14-16(17)13(5-2)19-20(14)3/h6-9,12H,4-5,10,18H2,1-3H3. The quantitative estimate of drug-likeness (QED) is 0.862. The van der Waals surface area contributed by atoms with E-state index in [1.54, 1.807) is 0 Å². The lowest BCUT2D eigenvalue weighted by molar-refractivity contribution is 0.289. The van der Waals surface area contributed by atoms with Crippen molar-refractivity contribution < 1.29 is 4.74 Å². The molecule has 1 atom stereocenters. The van der Waals surface area contributed by atoms with Crippen LogP contribution in [-0.2, 0) is 20.1 Å². The van der Waals surface area contributed by atoms with Crippen molar-refractivity contribution >= 4 is 15.9 Å². The molecule has 0 amide bonds. The molecular weight excluding hydrogens is 330 g/mol. The van der Waals surface area contributed by atoms with Crippen molar-refractivity contribution in [2.45, 2.75) is 39.3 Å². The van der Waals surface area contributed by atoms with Gasteiger partial charge in [0.1, 0.15) is 12.4 Å². The Morgan fingerprint density at radius 3 is 2.67 bits per heavy atom. The summed E-state index contributed by atoms with van der Waals surface area (Å²) < 4.78 is 8.89. The summed E-state index contributed by atoms with van der Waals surface area (Å²) >= 11 is 3.61. The average Bonchev–Trinajstić information content (AvgIpc) is 2.79. The number of rotatable bonds is 6. The first-order valence-electron chi connectivity index (χ1n) is 7.26. The molecule has 2 rings (SSSR count). The molecule has 21 heavy (non-hydrogen) atoms. The van der Waals surface area contributed by atoms with Crippen LogP contribution in [0.1, 0.15) is 43.3 Å². The predicted molar refractivity (Wildman–Crippen MR) is 88.3 cm³/mol. The predicted octanol–water partition coefficient (Wildman–Crippen LogP) is 3.73. The van der Waals surface area contributed by atoms with Gasteiger partial charge in [0.2, 0.25) is 0 Å². The Morgan fingerprint density at radius 1 is 1.33 bits per heavy atom. The number of nitrogens with zero attached hydrogens (tertiary/aromatic N) is 2. The molecule has 1 heterocycles. The summed E-state index contributed by atoms with van der Waals surface area (Å²) in [7, 11) is 1.94. The van der Waals surface area contributed by atoms with E-state index in [9.17, 15) is 0 Å². The van der Waals surface area contributed by atoms with Crippen LogP contribution in [0.2, 0.25) is 0 Å². The maximum absolute atomic E-state index is 6.14. The molecule has 0 bridgehead atoms. The molecule has 0 aliphatic heterocycles. The third kappa shape index (κ3) is 3.47. The van der Waals surface area contributed by atoms with Crippen LogP contribution in [0.25, 0.3) is 0 Å². The van der Waals surface area contributed by atoms with E-state index < -0.39 is 0 Å². The fourth-order valence-electron chi connectivity index (χ4n) is 2.26. The highest BCUT2D eigenvalue weighted by Crippen LogP contribution is 2.28. The van der Waals surface area contributed by atoms with Crippen molar-refractivity contribution in [2.24, 2.45) is 12.8 Å². The Labute approximate surface area is 134 Å². The second kappa shape index (κ2) is 7.09. The maximum atomic E-state index is 6.14. The Morgan fingerprint density at radius 2 is 2.05 bits per heavy atom. The van der Waals surface area contributed by atoms with Crippen LogP contribution >= 0.6 is 15.9 Å². The monoisotopic (exact) mass is 351 g/mol. The van der Waals surface area contributed by atoms with Crippen LogP contribution in [0.4, 0.5) is 0 Å². The Kier molecular flexibility index (Phi) is 5.42. The second-order valence-corrected chi connectivity index (χ2v) is 5.82. The molecule has 2 aromatic rings. The molecule has 1 unspecified atom stereocenters. The summed E-state index contributed by atoms with van der Waals surface area (Å²) in [6, 6.07) is 7.96. The van der Waals surface area contributed by atoms with Gasteiger partial charge in [-0.3, -0.25) is 4.68 Å². The van der Waals surface area contributed by atoms with E-state index in [-0.39, 0.29) is 6.04 Å². The van der Waals surface area contributed by atoms with Crippen molar-refractivity contribution in [3.05, 3.63) is 45.7 Å². The van der Waals surface area contributed by atoms with Gasteiger partial charge in [0, 0.05) is 18.7 Å². The van der Waals surface area contributed by atoms with Crippen molar-refractivity contribution in [3.8, 4) is 5.75 Å². The Balaban J connectivity index is 2.19. The minimum atomic E-state index is 0.00220. The van der Waals surface area contributed by atoms with E-state index >= 15 is 0 Å². The molecule has 1 aromatic heterocycles. The van der Waals surface area contributed by atoms with E-state index in [1.165, 1.54) is 0 Å². The van der Waals surface area contributed by atoms with Gasteiger partial charge < -0.3 is 10.5 Å². The maximum Gasteiger partial charge on any atom is 0.131 e. The van der Waals surface area contributed by atoms with Crippen LogP contribution in [0.3, 0.4) is 0 Å². The number of nitrogens with two attached hydrogens (primary N) is 1. The lowest BCUT2D eigenvalue weighted by Gasteiger charge is -2.15. The van der Waals surface area contributed by atoms with Gasteiger partial charge in [-0.2, -0.15) is 5.10 Å². The smallest absolute Gasteiger partial charge is 0.131 e. The number of benzene rings is 1. The van der Waals surface area contributed by atoms with Crippen molar-refractivity contribution in [3.63, 3.8) is 0 Å². The topological polar surface area (TPSA) is 53.1 Å². The number of halogens is 1. The van der Waals surface area contributed by atoms with Gasteiger partial charge in [-0.25, -0.2) is 0 Å². The highest BCUT2D eigenvalue weighted by atomic mass is 79.9. The van der Waals surface area contributed by atoms with Gasteiger partial charge >= 0.3 is 0 Å². The van der Waals surface area contributed by atoms with Crippen molar-refractivity contribution in [1.29, 1.82) is 0 Å². The number of hydrogen-bond acceptors (Lipinski definition) is 3. The first-order valence-corrected chi connectivity index (χ1v) is 8.05. The van der Waals surface area contributed by atoms with Gasteiger partial charge in [-0.1, -0.05) is 32.0 Å². The number of para-hydroxylation sites is 1. The molecule has 4 nitrogen and oxygen atoms in total. The Hall–Kier alpha value is -1.33. The molecule has 0 saturated heterocycles. The van der Waals surface area contributed by atoms with Gasteiger partial charge in [0.05, 0.1) is 15.9 Å². The molecule has 2 N–H and O–H groups in total. The lowest BCUT2D eigenvalue weighted by Crippen LogP contribution is -2.11. The van der Waals surface area contributed by atoms with E-state index in [4.69, 9.17) is 10.5 Å². The van der Waals surface area contributed by atoms with E-state index in [0.717, 1.165) is 40.0 Å². The van der Waals surface area contributed by atoms with Crippen LogP contribution in [-0.4, -0.2) is 9.78 Å². The SMILES string of the molecule is CCc1nn(C)c(COc2ccccc2C(N)CC)c1Br. The number of aromatic nitrogens is 2. The summed E-state index contributed by atoms with van der Waals surface area (Å²) in [5, 5.41) is 4.48. The summed E-state index contributed by atoms with van der Waals surface area (Å²) in [5.74, 6) is 0.845. The number of aryl methyl sites for hydroxylation is 2. The normalized spacial score (nSPS) is 12.4. The minimum Gasteiger partial charge on any atom is -0.487 e. The van der Waals surface area contributed by atoms with E-state index in [2.05, 4.69) is 34.9 Å². The molecule has 0 aliphatic rings. The summed E-state index contributed by atoms with van der Waals surface area (Å²) in [4.78, 5) is 0. The van der Waals surface area contributed by atoms with Crippen LogP contribution in [0, 0.1) is 0 Å². The largest absolute Gasteiger partial charge is 0.487 e. The molecule has 0 spiro atoms. The zero-order valence-electron chi connectivity index (χ0n) is 12.8. The summed E-state index contributed by atoms with van der Waals surface area (Å²) in [6.07, 6.45) is 1.78. The van der Waals surface area contributed by atoms with Gasteiger partial charge in [-0.05, 0) is 34.8 Å².